The van der Waals surface area contributed by atoms with E-state index in [9.17, 15) is 16.8 Å². The number of nitrogens with zero attached hydrogens (tertiary/aromatic N) is 6. The average Bonchev–Trinajstić information content (AvgIpc) is 3.07. The van der Waals surface area contributed by atoms with Gasteiger partial charge in [-0.25, -0.2) is 8.42 Å². The van der Waals surface area contributed by atoms with Crippen molar-refractivity contribution in [2.24, 2.45) is 5.92 Å². The SMILES string of the molecule is C=C1CN(S(=O)(=O)c2ccc(N(C)C)cc2)CCCN(CC2CCCCC2)CCCN(S(=O)(=O)N2CCN(c3cccc(Cl)c3)CC2)C1. The van der Waals surface area contributed by atoms with Gasteiger partial charge in [-0.05, 0) is 92.7 Å². The predicted octanol–water partition coefficient (Wildman–Crippen LogP) is 5.00. The van der Waals surface area contributed by atoms with Crippen LogP contribution in [-0.2, 0) is 20.2 Å². The fourth-order valence-electron chi connectivity index (χ4n) is 7.16. The van der Waals surface area contributed by atoms with E-state index in [2.05, 4.69) is 16.4 Å². The van der Waals surface area contributed by atoms with Crippen molar-refractivity contribution in [2.45, 2.75) is 49.8 Å². The second-order valence-corrected chi connectivity index (χ2v) is 18.0. The average molecular weight is 721 g/mol. The Morgan fingerprint density at radius 1 is 0.750 bits per heavy atom. The first-order chi connectivity index (χ1) is 22.9. The molecule has 1 saturated carbocycles. The minimum Gasteiger partial charge on any atom is -0.378 e. The maximum absolute atomic E-state index is 14.2. The number of sulfonamides is 1. The van der Waals surface area contributed by atoms with Gasteiger partial charge in [0.1, 0.15) is 0 Å². The van der Waals surface area contributed by atoms with Gasteiger partial charge in [-0.2, -0.15) is 21.3 Å². The number of hydrogen-bond donors (Lipinski definition) is 0. The van der Waals surface area contributed by atoms with Crippen LogP contribution in [0, 0.1) is 5.92 Å². The van der Waals surface area contributed by atoms with Gasteiger partial charge in [0.05, 0.1) is 4.90 Å². The van der Waals surface area contributed by atoms with Gasteiger partial charge in [-0.1, -0.05) is 43.5 Å². The Bertz CT molecular complexity index is 1570. The predicted molar refractivity (Wildman–Crippen MR) is 197 cm³/mol. The van der Waals surface area contributed by atoms with Gasteiger partial charge in [-0.3, -0.25) is 0 Å². The molecule has 3 aliphatic rings. The number of piperazine rings is 1. The summed E-state index contributed by atoms with van der Waals surface area (Å²) in [6.45, 7) is 9.42. The summed E-state index contributed by atoms with van der Waals surface area (Å²) in [6.07, 6.45) is 7.67. The summed E-state index contributed by atoms with van der Waals surface area (Å²) in [5.74, 6) is 0.636. The number of hydrogen-bond acceptors (Lipinski definition) is 7. The van der Waals surface area contributed by atoms with Crippen LogP contribution in [0.2, 0.25) is 5.02 Å². The van der Waals surface area contributed by atoms with Crippen LogP contribution in [0.3, 0.4) is 0 Å². The van der Waals surface area contributed by atoms with Crippen molar-refractivity contribution >= 4 is 43.2 Å². The Morgan fingerprint density at radius 3 is 2.00 bits per heavy atom. The van der Waals surface area contributed by atoms with Gasteiger partial charge in [0.25, 0.3) is 10.2 Å². The molecule has 13 heteroatoms. The summed E-state index contributed by atoms with van der Waals surface area (Å²) in [5.41, 5.74) is 2.46. The molecule has 0 spiro atoms. The summed E-state index contributed by atoms with van der Waals surface area (Å²) in [4.78, 5) is 6.76. The van der Waals surface area contributed by atoms with E-state index < -0.39 is 20.2 Å². The molecule has 3 fully saturated rings. The van der Waals surface area contributed by atoms with Gasteiger partial charge in [0.2, 0.25) is 10.0 Å². The van der Waals surface area contributed by atoms with Crippen LogP contribution in [0.25, 0.3) is 0 Å². The summed E-state index contributed by atoms with van der Waals surface area (Å²) in [7, 11) is -3.82. The largest absolute Gasteiger partial charge is 0.378 e. The number of benzene rings is 2. The molecular formula is C35H53ClN6O4S2. The third-order valence-electron chi connectivity index (χ3n) is 9.86. The van der Waals surface area contributed by atoms with Crippen molar-refractivity contribution in [3.05, 3.63) is 65.7 Å². The number of anilines is 2. The van der Waals surface area contributed by atoms with Crippen LogP contribution in [0.1, 0.15) is 44.9 Å². The fraction of sp³-hybridized carbons (Fsp3) is 0.600. The second kappa shape index (κ2) is 16.7. The van der Waals surface area contributed by atoms with Crippen molar-refractivity contribution in [2.75, 3.05) is 95.9 Å². The Balaban J connectivity index is 1.34. The smallest absolute Gasteiger partial charge is 0.282 e. The molecule has 0 aromatic heterocycles. The Hall–Kier alpha value is -2.19. The van der Waals surface area contributed by atoms with Gasteiger partial charge in [0.15, 0.2) is 0 Å². The van der Waals surface area contributed by atoms with Gasteiger partial charge in [-0.15, -0.1) is 0 Å². The molecule has 0 amide bonds. The van der Waals surface area contributed by atoms with Crippen LogP contribution < -0.4 is 9.80 Å². The first-order valence-electron chi connectivity index (χ1n) is 17.4. The molecule has 0 atom stereocenters. The molecule has 48 heavy (non-hydrogen) atoms. The molecule has 0 unspecified atom stereocenters. The third-order valence-corrected chi connectivity index (χ3v) is 13.9. The third kappa shape index (κ3) is 9.53. The lowest BCUT2D eigenvalue weighted by molar-refractivity contribution is 0.187. The molecule has 0 radical (unpaired) electrons. The second-order valence-electron chi connectivity index (χ2n) is 13.7. The highest BCUT2D eigenvalue weighted by Crippen LogP contribution is 2.27. The van der Waals surface area contributed by atoms with E-state index in [4.69, 9.17) is 11.6 Å². The zero-order chi connectivity index (χ0) is 34.3. The molecule has 2 aromatic rings. The lowest BCUT2D eigenvalue weighted by Crippen LogP contribution is -2.54. The van der Waals surface area contributed by atoms with Crippen molar-refractivity contribution in [3.63, 3.8) is 0 Å². The standard InChI is InChI=1S/C35H53ClN6O4S2/c1-30-27-41(47(43,44)35-16-14-33(15-17-35)37(2)3)20-8-18-38(29-31-10-5-4-6-11-31)19-9-21-42(28-30)48(45,46)40-24-22-39(23-25-40)34-13-7-12-32(36)26-34/h7,12-17,26,31H,1,4-6,8-11,18-25,27-29H2,2-3H3. The molecule has 0 bridgehead atoms. The topological polar surface area (TPSA) is 87.7 Å². The number of rotatable bonds is 8. The molecular weight excluding hydrogens is 668 g/mol. The van der Waals surface area contributed by atoms with Crippen LogP contribution in [-0.4, -0.2) is 121 Å². The normalized spacial score (nSPS) is 21.5. The first kappa shape index (κ1) is 37.1. The van der Waals surface area contributed by atoms with E-state index in [1.807, 2.05) is 55.4 Å². The van der Waals surface area contributed by atoms with E-state index in [1.54, 1.807) is 16.4 Å². The lowest BCUT2D eigenvalue weighted by Gasteiger charge is -2.38. The van der Waals surface area contributed by atoms with Crippen molar-refractivity contribution < 1.29 is 16.8 Å². The van der Waals surface area contributed by atoms with E-state index >= 15 is 0 Å². The Kier molecular flexibility index (Phi) is 12.9. The van der Waals surface area contributed by atoms with Crippen LogP contribution in [0.5, 0.6) is 0 Å². The van der Waals surface area contributed by atoms with Crippen LogP contribution in [0.4, 0.5) is 11.4 Å². The lowest BCUT2D eigenvalue weighted by atomic mass is 9.89. The summed E-state index contributed by atoms with van der Waals surface area (Å²) in [5, 5.41) is 0.652. The van der Waals surface area contributed by atoms with Crippen LogP contribution in [0.15, 0.2) is 65.6 Å². The van der Waals surface area contributed by atoms with Gasteiger partial charge >= 0.3 is 0 Å². The van der Waals surface area contributed by atoms with Crippen molar-refractivity contribution in [1.82, 2.24) is 17.8 Å². The minimum absolute atomic E-state index is 0.0644. The maximum atomic E-state index is 14.2. The highest BCUT2D eigenvalue weighted by Gasteiger charge is 2.34. The van der Waals surface area contributed by atoms with E-state index in [0.717, 1.165) is 31.0 Å². The number of halogens is 1. The van der Waals surface area contributed by atoms with E-state index in [0.29, 0.717) is 68.6 Å². The Labute approximate surface area is 294 Å². The molecule has 2 aromatic carbocycles. The van der Waals surface area contributed by atoms with E-state index in [-0.39, 0.29) is 18.0 Å². The molecule has 5 rings (SSSR count). The quantitative estimate of drug-likeness (QED) is 0.355. The fourth-order valence-corrected chi connectivity index (χ4v) is 10.5. The molecule has 1 aliphatic carbocycles. The Morgan fingerprint density at radius 2 is 1.38 bits per heavy atom. The highest BCUT2D eigenvalue weighted by molar-refractivity contribution is 7.89. The molecule has 2 saturated heterocycles. The molecule has 2 aliphatic heterocycles. The molecule has 0 N–H and O–H groups in total. The monoisotopic (exact) mass is 720 g/mol. The van der Waals surface area contributed by atoms with Crippen molar-refractivity contribution in [3.8, 4) is 0 Å². The summed E-state index contributed by atoms with van der Waals surface area (Å²) in [6, 6.07) is 14.6. The van der Waals surface area contributed by atoms with Gasteiger partial charge in [0, 0.05) is 89.4 Å². The minimum atomic E-state index is -3.84. The van der Waals surface area contributed by atoms with Crippen molar-refractivity contribution in [1.29, 1.82) is 0 Å². The zero-order valence-electron chi connectivity index (χ0n) is 28.6. The molecule has 266 valence electrons. The maximum Gasteiger partial charge on any atom is 0.282 e. The highest BCUT2D eigenvalue weighted by atomic mass is 35.5. The first-order valence-corrected chi connectivity index (χ1v) is 20.6. The zero-order valence-corrected chi connectivity index (χ0v) is 31.0. The summed E-state index contributed by atoms with van der Waals surface area (Å²) >= 11 is 6.22. The van der Waals surface area contributed by atoms with Gasteiger partial charge < -0.3 is 14.7 Å². The summed E-state index contributed by atoms with van der Waals surface area (Å²) < 4.78 is 61.1. The molecule has 10 nitrogen and oxygen atoms in total. The molecule has 2 heterocycles. The van der Waals surface area contributed by atoms with E-state index in [1.165, 1.54) is 40.7 Å². The van der Waals surface area contributed by atoms with Crippen LogP contribution >= 0.6 is 11.6 Å².